The summed E-state index contributed by atoms with van der Waals surface area (Å²) in [4.78, 5) is 20.8. The zero-order valence-electron chi connectivity index (χ0n) is 16.9. The lowest BCUT2D eigenvalue weighted by molar-refractivity contribution is -0.137. The molecule has 0 bridgehead atoms. The van der Waals surface area contributed by atoms with Gasteiger partial charge in [-0.3, -0.25) is 10.2 Å². The Morgan fingerprint density at radius 1 is 0.968 bits per heavy atom. The Kier molecular flexibility index (Phi) is 5.54. The van der Waals surface area contributed by atoms with Crippen molar-refractivity contribution >= 4 is 23.2 Å². The fourth-order valence-corrected chi connectivity index (χ4v) is 3.65. The van der Waals surface area contributed by atoms with E-state index in [1.165, 1.54) is 6.07 Å². The SMILES string of the molecule is CN1CCCN(C(=O)Nc2ccccn2)c2cc(-c3cccc(C(F)(F)F)c3)ccc21. The average Bonchev–Trinajstić information content (AvgIpc) is 2.92. The second-order valence-corrected chi connectivity index (χ2v) is 7.35. The highest BCUT2D eigenvalue weighted by Gasteiger charge is 2.30. The monoisotopic (exact) mass is 426 g/mol. The molecule has 0 aliphatic carbocycles. The number of alkyl halides is 3. The van der Waals surface area contributed by atoms with Crippen LogP contribution in [0.3, 0.4) is 0 Å². The van der Waals surface area contributed by atoms with Crippen LogP contribution in [0.1, 0.15) is 12.0 Å². The minimum Gasteiger partial charge on any atom is -0.373 e. The topological polar surface area (TPSA) is 48.5 Å². The molecule has 1 aliphatic heterocycles. The predicted octanol–water partition coefficient (Wildman–Crippen LogP) is 5.65. The Bertz CT molecular complexity index is 1090. The number of amides is 2. The first-order chi connectivity index (χ1) is 14.8. The van der Waals surface area contributed by atoms with E-state index >= 15 is 0 Å². The predicted molar refractivity (Wildman–Crippen MR) is 115 cm³/mol. The molecule has 0 radical (unpaired) electrons. The highest BCUT2D eigenvalue weighted by atomic mass is 19.4. The molecule has 8 heteroatoms. The number of fused-ring (bicyclic) bond motifs is 1. The number of hydrogen-bond donors (Lipinski definition) is 1. The summed E-state index contributed by atoms with van der Waals surface area (Å²) in [5, 5.41) is 2.79. The van der Waals surface area contributed by atoms with Crippen molar-refractivity contribution < 1.29 is 18.0 Å². The summed E-state index contributed by atoms with van der Waals surface area (Å²) in [5.74, 6) is 0.431. The van der Waals surface area contributed by atoms with Crippen molar-refractivity contribution in [1.29, 1.82) is 0 Å². The standard InChI is InChI=1S/C23H21F3N4O/c1-29-12-5-13-30(22(31)28-21-8-2-3-11-27-21)20-15-17(9-10-19(20)29)16-6-4-7-18(14-16)23(24,25)26/h2-4,6-11,14-15H,5,12-13H2,1H3,(H,27,28,31). The lowest BCUT2D eigenvalue weighted by Gasteiger charge is -2.25. The molecule has 2 aromatic carbocycles. The number of nitrogens with one attached hydrogen (secondary N) is 1. The van der Waals surface area contributed by atoms with Crippen LogP contribution in [-0.4, -0.2) is 31.2 Å². The first kappa shape index (κ1) is 20.7. The molecule has 0 saturated heterocycles. The molecule has 0 fully saturated rings. The van der Waals surface area contributed by atoms with Crippen molar-refractivity contribution in [3.8, 4) is 11.1 Å². The van der Waals surface area contributed by atoms with Crippen LogP contribution < -0.4 is 15.1 Å². The molecule has 0 unspecified atom stereocenters. The van der Waals surface area contributed by atoms with Gasteiger partial charge in [-0.25, -0.2) is 9.78 Å². The van der Waals surface area contributed by atoms with Gasteiger partial charge in [0.25, 0.3) is 0 Å². The van der Waals surface area contributed by atoms with Gasteiger partial charge in [-0.1, -0.05) is 24.3 Å². The number of urea groups is 1. The van der Waals surface area contributed by atoms with Crippen molar-refractivity contribution in [2.24, 2.45) is 0 Å². The highest BCUT2D eigenvalue weighted by Crippen LogP contribution is 2.37. The molecular weight excluding hydrogens is 405 g/mol. The molecule has 4 rings (SSSR count). The van der Waals surface area contributed by atoms with Gasteiger partial charge in [-0.2, -0.15) is 13.2 Å². The van der Waals surface area contributed by atoms with E-state index in [0.717, 1.165) is 30.8 Å². The lowest BCUT2D eigenvalue weighted by atomic mass is 10.0. The molecule has 160 valence electrons. The molecule has 0 spiro atoms. The molecule has 5 nitrogen and oxygen atoms in total. The number of anilines is 3. The number of halogens is 3. The van der Waals surface area contributed by atoms with E-state index in [0.29, 0.717) is 29.2 Å². The second-order valence-electron chi connectivity index (χ2n) is 7.35. The van der Waals surface area contributed by atoms with E-state index < -0.39 is 11.7 Å². The Morgan fingerprint density at radius 3 is 2.52 bits per heavy atom. The van der Waals surface area contributed by atoms with Crippen LogP contribution in [0.2, 0.25) is 0 Å². The third-order valence-corrected chi connectivity index (χ3v) is 5.22. The van der Waals surface area contributed by atoms with Crippen molar-refractivity contribution in [3.05, 3.63) is 72.4 Å². The summed E-state index contributed by atoms with van der Waals surface area (Å²) in [6, 6.07) is 15.5. The summed E-state index contributed by atoms with van der Waals surface area (Å²) in [5.41, 5.74) is 1.82. The average molecular weight is 426 g/mol. The van der Waals surface area contributed by atoms with Gasteiger partial charge in [0.2, 0.25) is 0 Å². The van der Waals surface area contributed by atoms with Crippen molar-refractivity contribution in [2.45, 2.75) is 12.6 Å². The number of carbonyl (C=O) groups excluding carboxylic acids is 1. The zero-order chi connectivity index (χ0) is 22.0. The van der Waals surface area contributed by atoms with Gasteiger partial charge in [0.05, 0.1) is 16.9 Å². The van der Waals surface area contributed by atoms with Gasteiger partial charge in [0.15, 0.2) is 0 Å². The summed E-state index contributed by atoms with van der Waals surface area (Å²) in [6.07, 6.45) is -2.08. The molecule has 3 aromatic rings. The van der Waals surface area contributed by atoms with E-state index in [2.05, 4.69) is 10.3 Å². The molecule has 31 heavy (non-hydrogen) atoms. The fourth-order valence-electron chi connectivity index (χ4n) is 3.65. The second kappa shape index (κ2) is 8.29. The molecule has 1 aromatic heterocycles. The van der Waals surface area contributed by atoms with Crippen molar-refractivity contribution in [1.82, 2.24) is 4.98 Å². The van der Waals surface area contributed by atoms with Crippen LogP contribution >= 0.6 is 0 Å². The van der Waals surface area contributed by atoms with Crippen LogP contribution in [0.25, 0.3) is 11.1 Å². The van der Waals surface area contributed by atoms with E-state index in [4.69, 9.17) is 0 Å². The molecular formula is C23H21F3N4O. The number of rotatable bonds is 2. The lowest BCUT2D eigenvalue weighted by Crippen LogP contribution is -2.35. The van der Waals surface area contributed by atoms with Gasteiger partial charge in [0.1, 0.15) is 5.82 Å². The Morgan fingerprint density at radius 2 is 1.77 bits per heavy atom. The molecule has 0 atom stereocenters. The smallest absolute Gasteiger partial charge is 0.373 e. The number of pyridine rings is 1. The van der Waals surface area contributed by atoms with Crippen molar-refractivity contribution in [3.63, 3.8) is 0 Å². The Hall–Kier alpha value is -3.55. The minimum absolute atomic E-state index is 0.337. The van der Waals surface area contributed by atoms with Crippen LogP contribution in [-0.2, 0) is 6.18 Å². The van der Waals surface area contributed by atoms with Gasteiger partial charge < -0.3 is 4.90 Å². The van der Waals surface area contributed by atoms with E-state index in [1.807, 2.05) is 18.0 Å². The highest BCUT2D eigenvalue weighted by molar-refractivity contribution is 6.04. The maximum absolute atomic E-state index is 13.2. The van der Waals surface area contributed by atoms with Gasteiger partial charge in [-0.05, 0) is 53.9 Å². The van der Waals surface area contributed by atoms with E-state index in [-0.39, 0.29) is 6.03 Å². The number of carbonyl (C=O) groups is 1. The molecule has 1 N–H and O–H groups in total. The van der Waals surface area contributed by atoms with Gasteiger partial charge in [-0.15, -0.1) is 0 Å². The van der Waals surface area contributed by atoms with E-state index in [9.17, 15) is 18.0 Å². The van der Waals surface area contributed by atoms with E-state index in [1.54, 1.807) is 47.5 Å². The molecule has 2 amide bonds. The zero-order valence-corrected chi connectivity index (χ0v) is 16.9. The fraction of sp³-hybridized carbons (Fsp3) is 0.217. The van der Waals surface area contributed by atoms with Gasteiger partial charge >= 0.3 is 12.2 Å². The maximum atomic E-state index is 13.2. The maximum Gasteiger partial charge on any atom is 0.416 e. The largest absolute Gasteiger partial charge is 0.416 e. The summed E-state index contributed by atoms with van der Waals surface area (Å²) >= 11 is 0. The summed E-state index contributed by atoms with van der Waals surface area (Å²) < 4.78 is 39.5. The molecule has 0 saturated carbocycles. The Labute approximate surface area is 178 Å². The summed E-state index contributed by atoms with van der Waals surface area (Å²) in [7, 11) is 1.93. The van der Waals surface area contributed by atoms with Gasteiger partial charge in [0, 0.05) is 26.3 Å². The van der Waals surface area contributed by atoms with Crippen molar-refractivity contribution in [2.75, 3.05) is 35.3 Å². The summed E-state index contributed by atoms with van der Waals surface area (Å²) in [6.45, 7) is 1.23. The van der Waals surface area contributed by atoms with Crippen LogP contribution in [0, 0.1) is 0 Å². The number of aromatic nitrogens is 1. The molecule has 1 aliphatic rings. The Balaban J connectivity index is 1.73. The number of benzene rings is 2. The first-order valence-corrected chi connectivity index (χ1v) is 9.85. The number of hydrogen-bond acceptors (Lipinski definition) is 3. The normalized spacial score (nSPS) is 14.1. The minimum atomic E-state index is -4.42. The van der Waals surface area contributed by atoms with Crippen LogP contribution in [0.5, 0.6) is 0 Å². The number of nitrogens with zero attached hydrogens (tertiary/aromatic N) is 3. The third-order valence-electron chi connectivity index (χ3n) is 5.22. The third kappa shape index (κ3) is 4.47. The van der Waals surface area contributed by atoms with Crippen LogP contribution in [0.15, 0.2) is 66.9 Å². The quantitative estimate of drug-likeness (QED) is 0.576. The van der Waals surface area contributed by atoms with Crippen LogP contribution in [0.4, 0.5) is 35.2 Å². The molecule has 2 heterocycles. The first-order valence-electron chi connectivity index (χ1n) is 9.85.